The van der Waals surface area contributed by atoms with E-state index in [-0.39, 0.29) is 0 Å². The Morgan fingerprint density at radius 1 is 0.682 bits per heavy atom. The first-order chi connectivity index (χ1) is 10.8. The molecule has 0 bridgehead atoms. The lowest BCUT2D eigenvalue weighted by Gasteiger charge is -2.44. The second-order valence-electron chi connectivity index (χ2n) is 7.65. The van der Waals surface area contributed by atoms with Crippen LogP contribution in [-0.4, -0.2) is 33.7 Å². The van der Waals surface area contributed by atoms with Gasteiger partial charge in [-0.2, -0.15) is 0 Å². The van der Waals surface area contributed by atoms with Gasteiger partial charge in [-0.15, -0.1) is 0 Å². The highest BCUT2D eigenvalue weighted by molar-refractivity contribution is 6.82. The Hall–Kier alpha value is 0.137. The van der Waals surface area contributed by atoms with Crippen molar-refractivity contribution in [2.45, 2.75) is 95.6 Å². The summed E-state index contributed by atoms with van der Waals surface area (Å²) in [5.41, 5.74) is 1.95. The van der Waals surface area contributed by atoms with Crippen molar-refractivity contribution < 1.29 is 9.47 Å². The van der Waals surface area contributed by atoms with Crippen LogP contribution in [0.15, 0.2) is 0 Å². The van der Waals surface area contributed by atoms with Gasteiger partial charge in [0.05, 0.1) is 0 Å². The number of hydrogen-bond donors (Lipinski definition) is 0. The van der Waals surface area contributed by atoms with Gasteiger partial charge in [-0.3, -0.25) is 0 Å². The van der Waals surface area contributed by atoms with Gasteiger partial charge in [0.25, 0.3) is 0 Å². The normalized spacial score (nSPS) is 21.5. The second-order valence-corrected chi connectivity index (χ2v) is 12.3. The molecule has 0 unspecified atom stereocenters. The fourth-order valence-corrected chi connectivity index (χ4v) is 10.7. The molecule has 0 aromatic carbocycles. The first-order valence-corrected chi connectivity index (χ1v) is 12.6. The maximum absolute atomic E-state index is 6.23. The molecule has 0 atom stereocenters. The van der Waals surface area contributed by atoms with Crippen LogP contribution in [0.2, 0.25) is 11.1 Å². The SMILES string of the molecule is CCCOC[Si](COCCC)(C1CCCCC1)C1CCCC1. The summed E-state index contributed by atoms with van der Waals surface area (Å²) in [6, 6.07) is 0. The van der Waals surface area contributed by atoms with Crippen molar-refractivity contribution in [3.8, 4) is 0 Å². The first-order valence-electron chi connectivity index (χ1n) is 9.99. The fraction of sp³-hybridized carbons (Fsp3) is 1.00. The van der Waals surface area contributed by atoms with E-state index in [1.165, 1.54) is 57.8 Å². The third-order valence-corrected chi connectivity index (χ3v) is 11.9. The molecule has 2 aliphatic rings. The largest absolute Gasteiger partial charge is 0.385 e. The molecule has 2 nitrogen and oxygen atoms in total. The zero-order chi connectivity index (χ0) is 15.7. The molecule has 0 heterocycles. The minimum atomic E-state index is -1.48. The van der Waals surface area contributed by atoms with Crippen LogP contribution in [0.1, 0.15) is 84.5 Å². The Bertz CT molecular complexity index is 273. The minimum absolute atomic E-state index is 0.946. The van der Waals surface area contributed by atoms with Crippen LogP contribution < -0.4 is 0 Å². The van der Waals surface area contributed by atoms with E-state index >= 15 is 0 Å². The summed E-state index contributed by atoms with van der Waals surface area (Å²) in [6.45, 7) is 6.35. The monoisotopic (exact) mass is 326 g/mol. The van der Waals surface area contributed by atoms with E-state index in [2.05, 4.69) is 13.8 Å². The van der Waals surface area contributed by atoms with E-state index in [0.717, 1.165) is 49.6 Å². The van der Waals surface area contributed by atoms with E-state index in [0.29, 0.717) is 0 Å². The third-order valence-electron chi connectivity index (χ3n) is 6.02. The van der Waals surface area contributed by atoms with Gasteiger partial charge >= 0.3 is 0 Å². The molecule has 2 rings (SSSR count). The fourth-order valence-electron chi connectivity index (χ4n) is 4.84. The maximum Gasteiger partial charge on any atom is 0.119 e. The van der Waals surface area contributed by atoms with E-state index in [1.807, 2.05) is 0 Å². The molecule has 3 heteroatoms. The molecule has 2 saturated carbocycles. The van der Waals surface area contributed by atoms with Crippen LogP contribution in [0.4, 0.5) is 0 Å². The molecule has 0 aromatic heterocycles. The van der Waals surface area contributed by atoms with Crippen molar-refractivity contribution in [3.63, 3.8) is 0 Å². The lowest BCUT2D eigenvalue weighted by molar-refractivity contribution is 0.142. The summed E-state index contributed by atoms with van der Waals surface area (Å²) in [5.74, 6) is 0. The molecule has 0 N–H and O–H groups in total. The van der Waals surface area contributed by atoms with Crippen LogP contribution in [0, 0.1) is 0 Å². The zero-order valence-electron chi connectivity index (χ0n) is 15.1. The lowest BCUT2D eigenvalue weighted by atomic mass is 10.0. The predicted octanol–water partition coefficient (Wildman–Crippen LogP) is 5.65. The Morgan fingerprint density at radius 3 is 1.50 bits per heavy atom. The van der Waals surface area contributed by atoms with Gasteiger partial charge in [0.15, 0.2) is 0 Å². The Labute approximate surface area is 139 Å². The van der Waals surface area contributed by atoms with E-state index in [1.54, 1.807) is 0 Å². The molecule has 0 amide bonds. The van der Waals surface area contributed by atoms with Gasteiger partial charge < -0.3 is 9.47 Å². The topological polar surface area (TPSA) is 18.5 Å². The molecular weight excluding hydrogens is 288 g/mol. The Kier molecular flexibility index (Phi) is 8.48. The number of hydrogen-bond acceptors (Lipinski definition) is 2. The van der Waals surface area contributed by atoms with Crippen LogP contribution in [0.3, 0.4) is 0 Å². The van der Waals surface area contributed by atoms with Gasteiger partial charge in [0, 0.05) is 25.7 Å². The van der Waals surface area contributed by atoms with E-state index in [9.17, 15) is 0 Å². The van der Waals surface area contributed by atoms with Crippen molar-refractivity contribution in [2.75, 3.05) is 25.7 Å². The molecule has 0 saturated heterocycles. The van der Waals surface area contributed by atoms with Gasteiger partial charge in [-0.1, -0.05) is 71.6 Å². The molecule has 130 valence electrons. The molecule has 0 radical (unpaired) electrons. The molecule has 0 spiro atoms. The molecule has 0 aromatic rings. The first kappa shape index (κ1) is 18.5. The molecule has 22 heavy (non-hydrogen) atoms. The molecular formula is C19H38O2Si. The Balaban J connectivity index is 2.11. The highest BCUT2D eigenvalue weighted by Gasteiger charge is 2.49. The van der Waals surface area contributed by atoms with Crippen molar-refractivity contribution in [1.82, 2.24) is 0 Å². The van der Waals surface area contributed by atoms with Gasteiger partial charge in [0.2, 0.25) is 0 Å². The number of ether oxygens (including phenoxy) is 2. The van der Waals surface area contributed by atoms with Crippen LogP contribution >= 0.6 is 0 Å². The minimum Gasteiger partial charge on any atom is -0.385 e. The maximum atomic E-state index is 6.23. The van der Waals surface area contributed by atoms with Crippen molar-refractivity contribution >= 4 is 8.07 Å². The summed E-state index contributed by atoms with van der Waals surface area (Å²) in [5, 5.41) is 0. The summed E-state index contributed by atoms with van der Waals surface area (Å²) in [4.78, 5) is 0. The standard InChI is InChI=1S/C19H38O2Si/c1-3-14-20-16-22(17-21-15-4-2,19-12-8-9-13-19)18-10-6-5-7-11-18/h18-19H,3-17H2,1-2H3. The van der Waals surface area contributed by atoms with Crippen LogP contribution in [-0.2, 0) is 9.47 Å². The summed E-state index contributed by atoms with van der Waals surface area (Å²) in [6.07, 6.45) is 17.6. The van der Waals surface area contributed by atoms with Crippen LogP contribution in [0.25, 0.3) is 0 Å². The average molecular weight is 327 g/mol. The van der Waals surface area contributed by atoms with Crippen molar-refractivity contribution in [2.24, 2.45) is 0 Å². The van der Waals surface area contributed by atoms with Gasteiger partial charge in [-0.05, 0) is 23.9 Å². The van der Waals surface area contributed by atoms with Gasteiger partial charge in [-0.25, -0.2) is 0 Å². The van der Waals surface area contributed by atoms with E-state index < -0.39 is 8.07 Å². The zero-order valence-corrected chi connectivity index (χ0v) is 16.1. The third kappa shape index (κ3) is 4.81. The smallest absolute Gasteiger partial charge is 0.119 e. The van der Waals surface area contributed by atoms with Gasteiger partial charge in [0.1, 0.15) is 8.07 Å². The quantitative estimate of drug-likeness (QED) is 0.382. The molecule has 2 fully saturated rings. The van der Waals surface area contributed by atoms with Crippen LogP contribution in [0.5, 0.6) is 0 Å². The Morgan fingerprint density at radius 2 is 1.09 bits per heavy atom. The highest BCUT2D eigenvalue weighted by Crippen LogP contribution is 2.49. The summed E-state index contributed by atoms with van der Waals surface area (Å²) < 4.78 is 12.5. The molecule has 2 aliphatic carbocycles. The summed E-state index contributed by atoms with van der Waals surface area (Å²) >= 11 is 0. The second kappa shape index (κ2) is 10.1. The average Bonchev–Trinajstić information content (AvgIpc) is 3.09. The highest BCUT2D eigenvalue weighted by atomic mass is 28.3. The molecule has 0 aliphatic heterocycles. The van der Waals surface area contributed by atoms with E-state index in [4.69, 9.17) is 9.47 Å². The lowest BCUT2D eigenvalue weighted by Crippen LogP contribution is -2.54. The number of rotatable bonds is 10. The van der Waals surface area contributed by atoms with Crippen molar-refractivity contribution in [1.29, 1.82) is 0 Å². The van der Waals surface area contributed by atoms with Crippen molar-refractivity contribution in [3.05, 3.63) is 0 Å². The predicted molar refractivity (Wildman–Crippen MR) is 97.0 cm³/mol. The summed E-state index contributed by atoms with van der Waals surface area (Å²) in [7, 11) is -1.48.